The molecule has 4 aromatic rings. The maximum atomic E-state index is 13.1. The lowest BCUT2D eigenvalue weighted by atomic mass is 10.0. The van der Waals surface area contributed by atoms with Gasteiger partial charge < -0.3 is 15.6 Å². The molecule has 9 nitrogen and oxygen atoms in total. The van der Waals surface area contributed by atoms with Crippen molar-refractivity contribution in [3.63, 3.8) is 0 Å². The number of fused-ring (bicyclic) bond motifs is 1. The third-order valence-corrected chi connectivity index (χ3v) is 4.05. The molecule has 3 N–H and O–H groups in total. The number of nitrogen functional groups attached to an aromatic ring is 1. The van der Waals surface area contributed by atoms with Gasteiger partial charge in [0.25, 0.3) is 0 Å². The van der Waals surface area contributed by atoms with Crippen LogP contribution in [-0.4, -0.2) is 34.5 Å². The van der Waals surface area contributed by atoms with Crippen LogP contribution in [0.15, 0.2) is 37.2 Å². The monoisotopic (exact) mass is 365 g/mol. The average molecular weight is 365 g/mol. The van der Waals surface area contributed by atoms with Gasteiger partial charge in [-0.05, 0) is 13.0 Å². The number of anilines is 3. The molecule has 0 bridgehead atoms. The zero-order chi connectivity index (χ0) is 19.0. The van der Waals surface area contributed by atoms with Crippen LogP contribution >= 0.6 is 0 Å². The number of imidazole rings is 1. The van der Waals surface area contributed by atoms with Gasteiger partial charge in [0.05, 0.1) is 30.3 Å². The fraction of sp³-hybridized carbons (Fsp3) is 0.176. The summed E-state index contributed by atoms with van der Waals surface area (Å²) in [5, 5.41) is 3.88. The molecule has 0 aliphatic heterocycles. The van der Waals surface area contributed by atoms with Crippen LogP contribution in [0.2, 0.25) is 0 Å². The molecule has 0 spiro atoms. The van der Waals surface area contributed by atoms with Gasteiger partial charge in [0.2, 0.25) is 5.95 Å². The summed E-state index contributed by atoms with van der Waals surface area (Å²) in [6.07, 6.45) is 7.40. The van der Waals surface area contributed by atoms with E-state index >= 15 is 0 Å². The molecule has 0 radical (unpaired) electrons. The highest BCUT2D eigenvalue weighted by Gasteiger charge is 2.19. The lowest BCUT2D eigenvalue weighted by Gasteiger charge is -2.14. The van der Waals surface area contributed by atoms with Crippen molar-refractivity contribution in [3.8, 4) is 0 Å². The first-order valence-electron chi connectivity index (χ1n) is 8.16. The summed E-state index contributed by atoms with van der Waals surface area (Å²) in [4.78, 5) is 25.4. The summed E-state index contributed by atoms with van der Waals surface area (Å²) in [6.45, 7) is 1.87. The first-order valence-corrected chi connectivity index (χ1v) is 8.16. The molecular weight excluding hydrogens is 349 g/mol. The maximum Gasteiger partial charge on any atom is 0.222 e. The average Bonchev–Trinajstić information content (AvgIpc) is 3.06. The smallest absolute Gasteiger partial charge is 0.222 e. The maximum absolute atomic E-state index is 13.1. The van der Waals surface area contributed by atoms with Crippen LogP contribution in [0.25, 0.3) is 10.9 Å². The van der Waals surface area contributed by atoms with Crippen LogP contribution in [0.1, 0.15) is 24.4 Å². The minimum absolute atomic E-state index is 0.0994. The van der Waals surface area contributed by atoms with Crippen molar-refractivity contribution >= 4 is 28.5 Å². The van der Waals surface area contributed by atoms with Gasteiger partial charge in [-0.15, -0.1) is 0 Å². The Labute approximate surface area is 153 Å². The van der Waals surface area contributed by atoms with Crippen molar-refractivity contribution in [3.05, 3.63) is 54.5 Å². The molecule has 10 heteroatoms. The van der Waals surface area contributed by atoms with Crippen LogP contribution < -0.4 is 11.1 Å². The summed E-state index contributed by atoms with van der Waals surface area (Å²) in [7, 11) is 1.87. The molecule has 27 heavy (non-hydrogen) atoms. The summed E-state index contributed by atoms with van der Waals surface area (Å²) in [5.74, 6) is 0.879. The summed E-state index contributed by atoms with van der Waals surface area (Å²) in [5.41, 5.74) is 7.11. The van der Waals surface area contributed by atoms with Crippen LogP contribution in [-0.2, 0) is 7.05 Å². The predicted molar refractivity (Wildman–Crippen MR) is 97.7 cm³/mol. The molecule has 0 saturated carbocycles. The molecule has 136 valence electrons. The number of hydrogen-bond acceptors (Lipinski definition) is 8. The fourth-order valence-corrected chi connectivity index (χ4v) is 2.77. The number of aryl methyl sites for hydroxylation is 1. The van der Waals surface area contributed by atoms with Gasteiger partial charge in [0.15, 0.2) is 5.82 Å². The fourth-order valence-electron chi connectivity index (χ4n) is 2.77. The Morgan fingerprint density at radius 2 is 1.93 bits per heavy atom. The Hall–Kier alpha value is -3.69. The van der Waals surface area contributed by atoms with Crippen LogP contribution in [0, 0.1) is 5.82 Å². The predicted octanol–water partition coefficient (Wildman–Crippen LogP) is 2.16. The zero-order valence-corrected chi connectivity index (χ0v) is 14.6. The number of halogens is 1. The number of rotatable bonds is 4. The molecule has 4 rings (SSSR count). The quantitative estimate of drug-likeness (QED) is 0.564. The molecule has 0 aliphatic carbocycles. The highest BCUT2D eigenvalue weighted by Crippen LogP contribution is 2.30. The molecule has 0 fully saturated rings. The highest BCUT2D eigenvalue weighted by molar-refractivity contribution is 5.92. The molecule has 4 heterocycles. The molecule has 0 aliphatic rings. The van der Waals surface area contributed by atoms with Crippen LogP contribution in [0.3, 0.4) is 0 Å². The highest BCUT2D eigenvalue weighted by atomic mass is 19.1. The van der Waals surface area contributed by atoms with Crippen molar-refractivity contribution < 1.29 is 4.39 Å². The van der Waals surface area contributed by atoms with E-state index < -0.39 is 5.82 Å². The minimum Gasteiger partial charge on any atom is -0.368 e. The third-order valence-electron chi connectivity index (χ3n) is 4.05. The van der Waals surface area contributed by atoms with Gasteiger partial charge in [-0.2, -0.15) is 4.98 Å². The molecule has 1 unspecified atom stereocenters. The SMILES string of the molecule is CC(c1ncc(F)cn1)c1nccc2c(Nc3cn(C)cn3)nc(N)nc12. The zero-order valence-electron chi connectivity index (χ0n) is 14.6. The van der Waals surface area contributed by atoms with Crippen molar-refractivity contribution in [2.45, 2.75) is 12.8 Å². The van der Waals surface area contributed by atoms with Crippen molar-refractivity contribution in [2.75, 3.05) is 11.1 Å². The Morgan fingerprint density at radius 1 is 1.15 bits per heavy atom. The number of pyridine rings is 1. The van der Waals surface area contributed by atoms with Crippen LogP contribution in [0.4, 0.5) is 22.0 Å². The Bertz CT molecular complexity index is 1110. The van der Waals surface area contributed by atoms with Gasteiger partial charge in [0, 0.05) is 24.8 Å². The molecule has 4 aromatic heterocycles. The second kappa shape index (κ2) is 6.56. The largest absolute Gasteiger partial charge is 0.368 e. The van der Waals surface area contributed by atoms with Crippen molar-refractivity contribution in [1.29, 1.82) is 0 Å². The minimum atomic E-state index is -0.495. The summed E-state index contributed by atoms with van der Waals surface area (Å²) in [6, 6.07) is 1.79. The number of nitrogens with one attached hydrogen (secondary N) is 1. The van der Waals surface area contributed by atoms with Crippen molar-refractivity contribution in [1.82, 2.24) is 34.5 Å². The molecule has 1 atom stereocenters. The van der Waals surface area contributed by atoms with E-state index in [1.807, 2.05) is 24.7 Å². The normalized spacial score (nSPS) is 12.3. The Kier molecular flexibility index (Phi) is 4.07. The van der Waals surface area contributed by atoms with E-state index in [9.17, 15) is 4.39 Å². The first-order chi connectivity index (χ1) is 13.0. The second-order valence-corrected chi connectivity index (χ2v) is 6.05. The van der Waals surface area contributed by atoms with E-state index in [2.05, 4.69) is 35.2 Å². The lowest BCUT2D eigenvalue weighted by molar-refractivity contribution is 0.605. The van der Waals surface area contributed by atoms with E-state index in [-0.39, 0.29) is 11.9 Å². The van der Waals surface area contributed by atoms with E-state index in [4.69, 9.17) is 5.73 Å². The second-order valence-electron chi connectivity index (χ2n) is 6.05. The van der Waals surface area contributed by atoms with Gasteiger partial charge >= 0.3 is 0 Å². The number of nitrogens with two attached hydrogens (primary N) is 1. The summed E-state index contributed by atoms with van der Waals surface area (Å²) >= 11 is 0. The van der Waals surface area contributed by atoms with Crippen LogP contribution in [0.5, 0.6) is 0 Å². The Balaban J connectivity index is 1.82. The number of aromatic nitrogens is 7. The van der Waals surface area contributed by atoms with Gasteiger partial charge in [0.1, 0.15) is 23.0 Å². The van der Waals surface area contributed by atoms with E-state index in [0.717, 1.165) is 17.8 Å². The van der Waals surface area contributed by atoms with Gasteiger partial charge in [-0.25, -0.2) is 24.3 Å². The van der Waals surface area contributed by atoms with E-state index in [1.165, 1.54) is 0 Å². The number of hydrogen-bond donors (Lipinski definition) is 2. The molecule has 0 aromatic carbocycles. The lowest BCUT2D eigenvalue weighted by Crippen LogP contribution is -2.08. The third kappa shape index (κ3) is 3.24. The topological polar surface area (TPSA) is 120 Å². The molecular formula is C17H16FN9. The van der Waals surface area contributed by atoms with Gasteiger partial charge in [-0.3, -0.25) is 4.98 Å². The van der Waals surface area contributed by atoms with Crippen molar-refractivity contribution in [2.24, 2.45) is 7.05 Å². The molecule has 0 amide bonds. The first kappa shape index (κ1) is 16.8. The summed E-state index contributed by atoms with van der Waals surface area (Å²) < 4.78 is 14.9. The number of nitrogens with zero attached hydrogens (tertiary/aromatic N) is 7. The standard InChI is InChI=1S/C17H16FN9/c1-9(15-21-5-10(18)6-22-15)13-14-11(3-4-20-13)16(26-17(19)25-14)24-12-7-27(2)8-23-12/h3-9H,1-2H3,(H3,19,24,25,26). The molecule has 0 saturated heterocycles. The van der Waals surface area contributed by atoms with E-state index in [0.29, 0.717) is 28.7 Å². The van der Waals surface area contributed by atoms with E-state index in [1.54, 1.807) is 18.6 Å². The Morgan fingerprint density at radius 3 is 2.63 bits per heavy atom. The van der Waals surface area contributed by atoms with Gasteiger partial charge in [-0.1, -0.05) is 0 Å².